The molecule has 22 heavy (non-hydrogen) atoms. The van der Waals surface area contributed by atoms with E-state index < -0.39 is 68.0 Å². The first-order valence-electron chi connectivity index (χ1n) is 6.93. The fraction of sp³-hybridized carbons (Fsp3) is 1.00. The summed E-state index contributed by atoms with van der Waals surface area (Å²) in [6.07, 6.45) is -14.3. The molecule has 7 N–H and O–H groups in total. The Balaban J connectivity index is 2.06. The summed E-state index contributed by atoms with van der Waals surface area (Å²) in [7, 11) is 0. The van der Waals surface area contributed by atoms with Gasteiger partial charge >= 0.3 is 0 Å². The van der Waals surface area contributed by atoms with E-state index in [0.29, 0.717) is 0 Å². The predicted octanol–water partition coefficient (Wildman–Crippen LogP) is -4.37. The van der Waals surface area contributed by atoms with Crippen LogP contribution >= 0.6 is 0 Å². The third kappa shape index (κ3) is 3.26. The van der Waals surface area contributed by atoms with Crippen molar-refractivity contribution in [2.45, 2.75) is 68.3 Å². The number of rotatable bonds is 3. The van der Waals surface area contributed by atoms with Crippen LogP contribution in [0.3, 0.4) is 0 Å². The highest BCUT2D eigenvalue weighted by Crippen LogP contribution is 2.28. The van der Waals surface area contributed by atoms with Crippen molar-refractivity contribution in [3.63, 3.8) is 0 Å². The van der Waals surface area contributed by atoms with Crippen LogP contribution in [0.25, 0.3) is 0 Å². The van der Waals surface area contributed by atoms with Gasteiger partial charge in [-0.1, -0.05) is 0 Å². The molecule has 0 aromatic rings. The van der Waals surface area contributed by atoms with Gasteiger partial charge in [-0.05, 0) is 6.92 Å². The Labute approximate surface area is 126 Å². The molecule has 2 aliphatic rings. The van der Waals surface area contributed by atoms with E-state index in [4.69, 9.17) is 19.3 Å². The average molecular weight is 326 g/mol. The van der Waals surface area contributed by atoms with Crippen LogP contribution in [0.4, 0.5) is 0 Å². The molecule has 0 saturated carbocycles. The third-order valence-corrected chi connectivity index (χ3v) is 3.94. The van der Waals surface area contributed by atoms with Crippen molar-refractivity contribution in [1.29, 1.82) is 0 Å². The maximum absolute atomic E-state index is 9.93. The Morgan fingerprint density at radius 3 is 2.05 bits per heavy atom. The van der Waals surface area contributed by atoms with Crippen LogP contribution in [0.1, 0.15) is 6.92 Å². The first-order chi connectivity index (χ1) is 10.3. The van der Waals surface area contributed by atoms with Gasteiger partial charge in [-0.2, -0.15) is 0 Å². The molecule has 0 aromatic carbocycles. The number of aliphatic hydroxyl groups excluding tert-OH is 7. The van der Waals surface area contributed by atoms with Gasteiger partial charge in [-0.25, -0.2) is 0 Å². The summed E-state index contributed by atoms with van der Waals surface area (Å²) < 4.78 is 15.3. The Morgan fingerprint density at radius 1 is 0.818 bits per heavy atom. The van der Waals surface area contributed by atoms with Crippen LogP contribution in [-0.2, 0) is 14.2 Å². The van der Waals surface area contributed by atoms with Crippen LogP contribution < -0.4 is 0 Å². The highest BCUT2D eigenvalue weighted by molar-refractivity contribution is 4.92. The summed E-state index contributed by atoms with van der Waals surface area (Å²) in [5.74, 6) is 0. The second kappa shape index (κ2) is 7.01. The molecule has 2 heterocycles. The summed E-state index contributed by atoms with van der Waals surface area (Å²) in [5.41, 5.74) is 0. The van der Waals surface area contributed by atoms with Gasteiger partial charge in [-0.3, -0.25) is 0 Å². The molecule has 0 unspecified atom stereocenters. The monoisotopic (exact) mass is 326 g/mol. The molecule has 0 amide bonds. The van der Waals surface area contributed by atoms with Gasteiger partial charge in [0.15, 0.2) is 12.6 Å². The molecule has 2 saturated heterocycles. The summed E-state index contributed by atoms with van der Waals surface area (Å²) in [4.78, 5) is 0. The minimum absolute atomic E-state index is 0.619. The van der Waals surface area contributed by atoms with Gasteiger partial charge in [0.25, 0.3) is 0 Å². The van der Waals surface area contributed by atoms with Crippen molar-refractivity contribution in [1.82, 2.24) is 0 Å². The number of hydrogen-bond acceptors (Lipinski definition) is 10. The standard InChI is InChI=1S/C12H22O10/c1-3-5(14)7(16)9(18)12(20-3)22-10-8(17)6(15)4(2-13)21-11(10)19/h3-19H,2H2,1H3/t3-,4+,5-,6-,7+,8-,9+,10+,11-,12-/m0/s1. The van der Waals surface area contributed by atoms with Crippen LogP contribution in [0, 0.1) is 0 Å². The molecule has 2 fully saturated rings. The van der Waals surface area contributed by atoms with E-state index >= 15 is 0 Å². The summed E-state index contributed by atoms with van der Waals surface area (Å²) in [5, 5.41) is 67.5. The van der Waals surface area contributed by atoms with Crippen LogP contribution in [0.2, 0.25) is 0 Å². The molecule has 0 radical (unpaired) electrons. The van der Waals surface area contributed by atoms with Gasteiger partial charge in [0.2, 0.25) is 0 Å². The topological polar surface area (TPSA) is 169 Å². The molecule has 0 bridgehead atoms. The summed E-state index contributed by atoms with van der Waals surface area (Å²) >= 11 is 0. The predicted molar refractivity (Wildman–Crippen MR) is 67.2 cm³/mol. The zero-order chi connectivity index (χ0) is 16.6. The average Bonchev–Trinajstić information content (AvgIpc) is 2.49. The molecule has 2 rings (SSSR count). The smallest absolute Gasteiger partial charge is 0.187 e. The first-order valence-corrected chi connectivity index (χ1v) is 6.93. The van der Waals surface area contributed by atoms with E-state index in [2.05, 4.69) is 0 Å². The van der Waals surface area contributed by atoms with Gasteiger partial charge < -0.3 is 50.0 Å². The Bertz CT molecular complexity index is 368. The lowest BCUT2D eigenvalue weighted by Gasteiger charge is -2.44. The Hall–Kier alpha value is -0.400. The largest absolute Gasteiger partial charge is 0.394 e. The fourth-order valence-corrected chi connectivity index (χ4v) is 2.50. The number of ether oxygens (including phenoxy) is 3. The van der Waals surface area contributed by atoms with Crippen molar-refractivity contribution in [3.05, 3.63) is 0 Å². The van der Waals surface area contributed by atoms with Gasteiger partial charge in [0.1, 0.15) is 42.7 Å². The lowest BCUT2D eigenvalue weighted by molar-refractivity contribution is -0.358. The minimum atomic E-state index is -1.69. The first kappa shape index (κ1) is 17.9. The van der Waals surface area contributed by atoms with Gasteiger partial charge in [0.05, 0.1) is 12.7 Å². The fourth-order valence-electron chi connectivity index (χ4n) is 2.50. The molecule has 0 aromatic heterocycles. The highest BCUT2D eigenvalue weighted by atomic mass is 16.7. The van der Waals surface area contributed by atoms with E-state index in [1.165, 1.54) is 6.92 Å². The molecular weight excluding hydrogens is 304 g/mol. The highest BCUT2D eigenvalue weighted by Gasteiger charge is 2.49. The molecule has 10 atom stereocenters. The third-order valence-electron chi connectivity index (χ3n) is 3.94. The van der Waals surface area contributed by atoms with Gasteiger partial charge in [-0.15, -0.1) is 0 Å². The second-order valence-electron chi connectivity index (χ2n) is 5.51. The van der Waals surface area contributed by atoms with E-state index in [1.54, 1.807) is 0 Å². The maximum atomic E-state index is 9.93. The van der Waals surface area contributed by atoms with Crippen LogP contribution in [0.15, 0.2) is 0 Å². The molecule has 10 nitrogen and oxygen atoms in total. The number of hydrogen-bond donors (Lipinski definition) is 7. The molecule has 0 aliphatic carbocycles. The zero-order valence-electron chi connectivity index (χ0n) is 11.8. The Kier molecular flexibility index (Phi) is 5.72. The van der Waals surface area contributed by atoms with E-state index in [0.717, 1.165) is 0 Å². The second-order valence-corrected chi connectivity index (χ2v) is 5.51. The van der Waals surface area contributed by atoms with E-state index in [1.807, 2.05) is 0 Å². The SMILES string of the molecule is C[C@@H]1O[C@@H](O[C@@H]2[C@@H](O)[C@@H](O)[C@@H](CO)O[C@@H]2O)[C@H](O)[C@H](O)[C@H]1O. The lowest BCUT2D eigenvalue weighted by Crippen LogP contribution is -2.63. The van der Waals surface area contributed by atoms with Crippen LogP contribution in [-0.4, -0.2) is 104 Å². The van der Waals surface area contributed by atoms with Gasteiger partial charge in [0, 0.05) is 0 Å². The molecular formula is C12H22O10. The van der Waals surface area contributed by atoms with Crippen LogP contribution in [0.5, 0.6) is 0 Å². The minimum Gasteiger partial charge on any atom is -0.394 e. The molecule has 0 spiro atoms. The quantitative estimate of drug-likeness (QED) is 0.269. The zero-order valence-corrected chi connectivity index (χ0v) is 11.8. The van der Waals surface area contributed by atoms with Crippen molar-refractivity contribution >= 4 is 0 Å². The van der Waals surface area contributed by atoms with Crippen molar-refractivity contribution in [3.8, 4) is 0 Å². The van der Waals surface area contributed by atoms with E-state index in [-0.39, 0.29) is 0 Å². The molecule has 130 valence electrons. The molecule has 2 aliphatic heterocycles. The normalized spacial score (nSPS) is 53.5. The van der Waals surface area contributed by atoms with E-state index in [9.17, 15) is 30.6 Å². The molecule has 10 heteroatoms. The maximum Gasteiger partial charge on any atom is 0.187 e. The van der Waals surface area contributed by atoms with Crippen molar-refractivity contribution in [2.75, 3.05) is 6.61 Å². The summed E-state index contributed by atoms with van der Waals surface area (Å²) in [6.45, 7) is 0.823. The van der Waals surface area contributed by atoms with Crippen molar-refractivity contribution < 1.29 is 50.0 Å². The Morgan fingerprint density at radius 2 is 1.45 bits per heavy atom. The van der Waals surface area contributed by atoms with Crippen molar-refractivity contribution in [2.24, 2.45) is 0 Å². The number of aliphatic hydroxyl groups is 7. The summed E-state index contributed by atoms with van der Waals surface area (Å²) in [6, 6.07) is 0. The lowest BCUT2D eigenvalue weighted by atomic mass is 9.97.